The predicted molar refractivity (Wildman–Crippen MR) is 76.7 cm³/mol. The van der Waals surface area contributed by atoms with E-state index >= 15 is 0 Å². The topological polar surface area (TPSA) is 15.3 Å². The van der Waals surface area contributed by atoms with Crippen LogP contribution >= 0.6 is 0 Å². The Balaban J connectivity index is 1.75. The van der Waals surface area contributed by atoms with Crippen molar-refractivity contribution in [3.05, 3.63) is 48.0 Å². The zero-order chi connectivity index (χ0) is 12.4. The van der Waals surface area contributed by atoms with Crippen LogP contribution in [0, 0.1) is 0 Å². The van der Waals surface area contributed by atoms with Gasteiger partial charge in [0, 0.05) is 25.7 Å². The molecule has 0 radical (unpaired) electrons. The molecule has 1 fully saturated rings. The Morgan fingerprint density at radius 2 is 2.00 bits per heavy atom. The van der Waals surface area contributed by atoms with Crippen molar-refractivity contribution in [3.8, 4) is 0 Å². The van der Waals surface area contributed by atoms with Crippen LogP contribution in [0.5, 0.6) is 0 Å². The molecule has 0 amide bonds. The van der Waals surface area contributed by atoms with Crippen LogP contribution in [-0.2, 0) is 6.54 Å². The number of hydrogen-bond donors (Lipinski definition) is 1. The highest BCUT2D eigenvalue weighted by atomic mass is 15.2. The van der Waals surface area contributed by atoms with Crippen molar-refractivity contribution in [2.24, 2.45) is 0 Å². The zero-order valence-electron chi connectivity index (χ0n) is 10.9. The second-order valence-corrected chi connectivity index (χ2v) is 5.19. The molecule has 1 atom stereocenters. The number of benzene rings is 2. The van der Waals surface area contributed by atoms with E-state index in [0.29, 0.717) is 6.04 Å². The summed E-state index contributed by atoms with van der Waals surface area (Å²) < 4.78 is 0. The Kier molecular flexibility index (Phi) is 3.31. The van der Waals surface area contributed by atoms with Crippen LogP contribution in [-0.4, -0.2) is 31.1 Å². The van der Waals surface area contributed by atoms with Crippen LogP contribution in [0.25, 0.3) is 10.8 Å². The fraction of sp³-hybridized carbons (Fsp3) is 0.375. The van der Waals surface area contributed by atoms with Gasteiger partial charge in [0.1, 0.15) is 0 Å². The van der Waals surface area contributed by atoms with Crippen molar-refractivity contribution in [3.63, 3.8) is 0 Å². The molecular weight excluding hydrogens is 220 g/mol. The van der Waals surface area contributed by atoms with E-state index in [1.54, 1.807) is 0 Å². The van der Waals surface area contributed by atoms with Gasteiger partial charge in [0.05, 0.1) is 0 Å². The number of nitrogens with one attached hydrogen (secondary N) is 1. The van der Waals surface area contributed by atoms with Crippen LogP contribution < -0.4 is 5.32 Å². The highest BCUT2D eigenvalue weighted by Gasteiger charge is 2.20. The van der Waals surface area contributed by atoms with Crippen LogP contribution in [0.2, 0.25) is 0 Å². The Morgan fingerprint density at radius 3 is 2.78 bits per heavy atom. The molecule has 1 saturated heterocycles. The number of nitrogens with zero attached hydrogens (tertiary/aromatic N) is 1. The van der Waals surface area contributed by atoms with Crippen LogP contribution in [0.3, 0.4) is 0 Å². The summed E-state index contributed by atoms with van der Waals surface area (Å²) in [4.78, 5) is 2.53. The van der Waals surface area contributed by atoms with E-state index in [9.17, 15) is 0 Å². The molecule has 0 aromatic heterocycles. The van der Waals surface area contributed by atoms with Gasteiger partial charge < -0.3 is 5.32 Å². The Bertz CT molecular complexity index is 535. The molecule has 3 rings (SSSR count). The summed E-state index contributed by atoms with van der Waals surface area (Å²) >= 11 is 0. The van der Waals surface area contributed by atoms with Crippen molar-refractivity contribution in [2.75, 3.05) is 20.1 Å². The third-order valence-electron chi connectivity index (χ3n) is 3.90. The van der Waals surface area contributed by atoms with Gasteiger partial charge in [-0.1, -0.05) is 36.4 Å². The molecule has 0 spiro atoms. The van der Waals surface area contributed by atoms with E-state index in [2.05, 4.69) is 59.7 Å². The molecule has 2 heteroatoms. The lowest BCUT2D eigenvalue weighted by Gasteiger charge is -2.16. The van der Waals surface area contributed by atoms with E-state index in [1.807, 2.05) is 0 Å². The summed E-state index contributed by atoms with van der Waals surface area (Å²) in [6.07, 6.45) is 1.27. The summed E-state index contributed by atoms with van der Waals surface area (Å²) in [5.41, 5.74) is 1.42. The fourth-order valence-electron chi connectivity index (χ4n) is 2.81. The monoisotopic (exact) mass is 240 g/mol. The summed E-state index contributed by atoms with van der Waals surface area (Å²) in [7, 11) is 2.06. The number of rotatable bonds is 3. The largest absolute Gasteiger partial charge is 0.316 e. The SMILES string of the molecule is CNC1CCN(Cc2ccc3ccccc3c2)C1. The molecule has 1 aliphatic rings. The molecule has 1 heterocycles. The zero-order valence-corrected chi connectivity index (χ0v) is 10.9. The molecular formula is C16H20N2. The van der Waals surface area contributed by atoms with Gasteiger partial charge in [-0.05, 0) is 35.9 Å². The minimum atomic E-state index is 0.672. The third-order valence-corrected chi connectivity index (χ3v) is 3.90. The number of hydrogen-bond acceptors (Lipinski definition) is 2. The summed E-state index contributed by atoms with van der Waals surface area (Å²) in [5.74, 6) is 0. The molecule has 1 N–H and O–H groups in total. The molecule has 0 saturated carbocycles. The molecule has 0 aliphatic carbocycles. The average molecular weight is 240 g/mol. The standard InChI is InChI=1S/C16H20N2/c1-17-16-8-9-18(12-16)11-13-6-7-14-4-2-3-5-15(14)10-13/h2-7,10,16-17H,8-9,11-12H2,1H3. The molecule has 2 aromatic rings. The number of fused-ring (bicyclic) bond motifs is 1. The average Bonchev–Trinajstić information content (AvgIpc) is 2.86. The Hall–Kier alpha value is -1.38. The van der Waals surface area contributed by atoms with E-state index in [1.165, 1.54) is 35.8 Å². The molecule has 18 heavy (non-hydrogen) atoms. The van der Waals surface area contributed by atoms with Gasteiger partial charge in [-0.2, -0.15) is 0 Å². The maximum Gasteiger partial charge on any atom is 0.0234 e. The van der Waals surface area contributed by atoms with E-state index < -0.39 is 0 Å². The Labute approximate surface area is 109 Å². The van der Waals surface area contributed by atoms with Gasteiger partial charge in [-0.15, -0.1) is 0 Å². The minimum Gasteiger partial charge on any atom is -0.316 e. The van der Waals surface area contributed by atoms with E-state index in [4.69, 9.17) is 0 Å². The lowest BCUT2D eigenvalue weighted by atomic mass is 10.1. The second kappa shape index (κ2) is 5.09. The maximum atomic E-state index is 3.37. The quantitative estimate of drug-likeness (QED) is 0.887. The first kappa shape index (κ1) is 11.7. The molecule has 0 bridgehead atoms. The molecule has 1 aliphatic heterocycles. The highest BCUT2D eigenvalue weighted by Crippen LogP contribution is 2.18. The summed E-state index contributed by atoms with van der Waals surface area (Å²) in [6.45, 7) is 3.45. The predicted octanol–water partition coefficient (Wildman–Crippen LogP) is 2.63. The molecule has 1 unspecified atom stereocenters. The first-order valence-electron chi connectivity index (χ1n) is 6.72. The van der Waals surface area contributed by atoms with Crippen LogP contribution in [0.1, 0.15) is 12.0 Å². The smallest absolute Gasteiger partial charge is 0.0234 e. The molecule has 2 nitrogen and oxygen atoms in total. The van der Waals surface area contributed by atoms with Gasteiger partial charge in [-0.25, -0.2) is 0 Å². The van der Waals surface area contributed by atoms with Crippen molar-refractivity contribution in [2.45, 2.75) is 19.0 Å². The number of likely N-dealkylation sites (N-methyl/N-ethyl adjacent to an activating group) is 1. The van der Waals surface area contributed by atoms with Gasteiger partial charge in [-0.3, -0.25) is 4.90 Å². The van der Waals surface area contributed by atoms with Crippen molar-refractivity contribution >= 4 is 10.8 Å². The first-order chi connectivity index (χ1) is 8.85. The first-order valence-corrected chi connectivity index (χ1v) is 6.72. The Morgan fingerprint density at radius 1 is 1.17 bits per heavy atom. The van der Waals surface area contributed by atoms with Gasteiger partial charge in [0.15, 0.2) is 0 Å². The van der Waals surface area contributed by atoms with Gasteiger partial charge in [0.25, 0.3) is 0 Å². The van der Waals surface area contributed by atoms with Crippen molar-refractivity contribution in [1.82, 2.24) is 10.2 Å². The summed E-state index contributed by atoms with van der Waals surface area (Å²) in [6, 6.07) is 16.1. The normalized spacial score (nSPS) is 20.6. The number of likely N-dealkylation sites (tertiary alicyclic amines) is 1. The van der Waals surface area contributed by atoms with Crippen molar-refractivity contribution < 1.29 is 0 Å². The molecule has 94 valence electrons. The summed E-state index contributed by atoms with van der Waals surface area (Å²) in [5, 5.41) is 6.04. The maximum absolute atomic E-state index is 3.37. The van der Waals surface area contributed by atoms with E-state index in [-0.39, 0.29) is 0 Å². The van der Waals surface area contributed by atoms with Gasteiger partial charge >= 0.3 is 0 Å². The lowest BCUT2D eigenvalue weighted by Crippen LogP contribution is -2.29. The fourth-order valence-corrected chi connectivity index (χ4v) is 2.81. The van der Waals surface area contributed by atoms with E-state index in [0.717, 1.165) is 6.54 Å². The van der Waals surface area contributed by atoms with Gasteiger partial charge in [0.2, 0.25) is 0 Å². The van der Waals surface area contributed by atoms with Crippen LogP contribution in [0.15, 0.2) is 42.5 Å². The highest BCUT2D eigenvalue weighted by molar-refractivity contribution is 5.82. The second-order valence-electron chi connectivity index (χ2n) is 5.19. The molecule has 2 aromatic carbocycles. The lowest BCUT2D eigenvalue weighted by molar-refractivity contribution is 0.322. The third kappa shape index (κ3) is 2.40. The minimum absolute atomic E-state index is 0.672. The van der Waals surface area contributed by atoms with Crippen LogP contribution in [0.4, 0.5) is 0 Å². The van der Waals surface area contributed by atoms with Crippen molar-refractivity contribution in [1.29, 1.82) is 0 Å².